The second-order valence-corrected chi connectivity index (χ2v) is 8.75. The molecule has 2 aromatic heterocycles. The summed E-state index contributed by atoms with van der Waals surface area (Å²) in [6.07, 6.45) is 5.76. The van der Waals surface area contributed by atoms with Crippen molar-refractivity contribution in [1.29, 1.82) is 0 Å². The Hall–Kier alpha value is -3.08. The van der Waals surface area contributed by atoms with Crippen molar-refractivity contribution in [3.63, 3.8) is 0 Å². The number of halogens is 1. The molecule has 0 atom stereocenters. The number of aromatic nitrogens is 1. The van der Waals surface area contributed by atoms with E-state index in [0.717, 1.165) is 11.3 Å². The number of carbonyl (C=O) groups is 1. The predicted octanol–water partition coefficient (Wildman–Crippen LogP) is 3.05. The van der Waals surface area contributed by atoms with Gasteiger partial charge in [-0.1, -0.05) is 6.07 Å². The van der Waals surface area contributed by atoms with Crippen LogP contribution in [0.4, 0.5) is 4.39 Å². The number of thiophene rings is 1. The summed E-state index contributed by atoms with van der Waals surface area (Å²) in [6.45, 7) is 0.148. The van der Waals surface area contributed by atoms with E-state index in [-0.39, 0.29) is 16.5 Å². The first-order valence-electron chi connectivity index (χ1n) is 8.26. The van der Waals surface area contributed by atoms with Gasteiger partial charge >= 0.3 is 0 Å². The number of sulfonamides is 1. The molecule has 1 aromatic carbocycles. The molecule has 1 amide bonds. The van der Waals surface area contributed by atoms with Gasteiger partial charge in [-0.3, -0.25) is 9.78 Å². The van der Waals surface area contributed by atoms with E-state index >= 15 is 0 Å². The molecule has 0 bridgehead atoms. The van der Waals surface area contributed by atoms with Crippen molar-refractivity contribution in [3.8, 4) is 11.5 Å². The molecule has 0 aliphatic rings. The third-order valence-corrected chi connectivity index (χ3v) is 6.12. The van der Waals surface area contributed by atoms with Crippen LogP contribution in [0.25, 0.3) is 6.08 Å². The van der Waals surface area contributed by atoms with Gasteiger partial charge in [-0.2, -0.15) is 0 Å². The van der Waals surface area contributed by atoms with Gasteiger partial charge in [0.1, 0.15) is 9.96 Å². The Balaban J connectivity index is 1.57. The van der Waals surface area contributed by atoms with Crippen molar-refractivity contribution >= 4 is 33.3 Å². The molecule has 3 rings (SSSR count). The number of primary sulfonamides is 1. The molecule has 7 nitrogen and oxygen atoms in total. The third-order valence-electron chi connectivity index (χ3n) is 3.60. The van der Waals surface area contributed by atoms with Crippen molar-refractivity contribution < 1.29 is 22.3 Å². The fraction of sp³-hybridized carbons (Fsp3) is 0.0526. The van der Waals surface area contributed by atoms with Gasteiger partial charge in [0.15, 0.2) is 11.6 Å². The monoisotopic (exact) mass is 433 g/mol. The van der Waals surface area contributed by atoms with Crippen LogP contribution in [0, 0.1) is 5.82 Å². The summed E-state index contributed by atoms with van der Waals surface area (Å²) in [5.41, 5.74) is 0.476. The molecule has 0 spiro atoms. The first-order valence-corrected chi connectivity index (χ1v) is 10.6. The van der Waals surface area contributed by atoms with Gasteiger partial charge in [0.05, 0.1) is 12.7 Å². The number of nitrogens with zero attached hydrogens (tertiary/aromatic N) is 1. The highest BCUT2D eigenvalue weighted by Crippen LogP contribution is 2.25. The lowest BCUT2D eigenvalue weighted by Crippen LogP contribution is -2.19. The summed E-state index contributed by atoms with van der Waals surface area (Å²) < 4.78 is 42.1. The third kappa shape index (κ3) is 5.95. The zero-order valence-corrected chi connectivity index (χ0v) is 16.5. The van der Waals surface area contributed by atoms with E-state index in [1.54, 1.807) is 30.5 Å². The van der Waals surface area contributed by atoms with Gasteiger partial charge < -0.3 is 10.1 Å². The second kappa shape index (κ2) is 8.95. The van der Waals surface area contributed by atoms with E-state index in [1.165, 1.54) is 36.5 Å². The van der Waals surface area contributed by atoms with Crippen molar-refractivity contribution in [2.24, 2.45) is 5.14 Å². The minimum Gasteiger partial charge on any atom is -0.453 e. The summed E-state index contributed by atoms with van der Waals surface area (Å²) in [5.74, 6) is -0.534. The summed E-state index contributed by atoms with van der Waals surface area (Å²) in [5, 5.41) is 7.66. The zero-order valence-electron chi connectivity index (χ0n) is 14.9. The minimum atomic E-state index is -3.75. The number of hydrogen-bond acceptors (Lipinski definition) is 6. The molecular weight excluding hydrogens is 417 g/mol. The molecule has 0 saturated heterocycles. The Morgan fingerprint density at radius 1 is 1.28 bits per heavy atom. The van der Waals surface area contributed by atoms with E-state index in [9.17, 15) is 17.6 Å². The lowest BCUT2D eigenvalue weighted by atomic mass is 10.2. The fourth-order valence-corrected chi connectivity index (χ4v) is 3.97. The quantitative estimate of drug-likeness (QED) is 0.556. The molecule has 150 valence electrons. The van der Waals surface area contributed by atoms with Gasteiger partial charge in [0.2, 0.25) is 15.9 Å². The molecule has 0 radical (unpaired) electrons. The van der Waals surface area contributed by atoms with Crippen LogP contribution in [-0.4, -0.2) is 19.3 Å². The second-order valence-electron chi connectivity index (χ2n) is 5.80. The average molecular weight is 433 g/mol. The topological polar surface area (TPSA) is 111 Å². The molecular formula is C19H16FN3O4S2. The van der Waals surface area contributed by atoms with E-state index in [4.69, 9.17) is 9.88 Å². The largest absolute Gasteiger partial charge is 0.453 e. The van der Waals surface area contributed by atoms with Gasteiger partial charge in [-0.15, -0.1) is 11.3 Å². The molecule has 3 N–H and O–H groups in total. The first kappa shape index (κ1) is 20.6. The highest BCUT2D eigenvalue weighted by atomic mass is 32.2. The fourth-order valence-electron chi connectivity index (χ4n) is 2.25. The maximum absolute atomic E-state index is 14.2. The van der Waals surface area contributed by atoms with Crippen LogP contribution >= 0.6 is 11.3 Å². The van der Waals surface area contributed by atoms with Crippen molar-refractivity contribution in [2.45, 2.75) is 10.8 Å². The first-order chi connectivity index (χ1) is 13.8. The Bertz CT molecular complexity index is 1150. The number of rotatable bonds is 7. The standard InChI is InChI=1S/C19H16FN3O4S2/c20-16-10-13(3-6-17(16)27-14-2-1-9-22-11-14)4-7-18(24)23-12-15-5-8-19(28-15)29(21,25)26/h1-11H,12H2,(H,23,24)(H2,21,25,26)/b7-4+. The lowest BCUT2D eigenvalue weighted by molar-refractivity contribution is -0.116. The number of nitrogens with one attached hydrogen (secondary N) is 1. The molecule has 0 saturated carbocycles. The number of hydrogen-bond donors (Lipinski definition) is 2. The van der Waals surface area contributed by atoms with Gasteiger partial charge in [0.25, 0.3) is 0 Å². The summed E-state index contributed by atoms with van der Waals surface area (Å²) in [7, 11) is -3.75. The van der Waals surface area contributed by atoms with Gasteiger partial charge in [-0.05, 0) is 48.0 Å². The summed E-state index contributed by atoms with van der Waals surface area (Å²) in [4.78, 5) is 16.5. The minimum absolute atomic E-state index is 0.0290. The molecule has 0 aliphatic heterocycles. The Morgan fingerprint density at radius 3 is 2.76 bits per heavy atom. The molecule has 10 heteroatoms. The number of ether oxygens (including phenoxy) is 1. The smallest absolute Gasteiger partial charge is 0.247 e. The van der Waals surface area contributed by atoms with Crippen molar-refractivity contribution in [1.82, 2.24) is 10.3 Å². The van der Waals surface area contributed by atoms with E-state index < -0.39 is 21.7 Å². The highest BCUT2D eigenvalue weighted by Gasteiger charge is 2.11. The van der Waals surface area contributed by atoms with Crippen LogP contribution in [0.2, 0.25) is 0 Å². The summed E-state index contributed by atoms with van der Waals surface area (Å²) >= 11 is 0.981. The van der Waals surface area contributed by atoms with Gasteiger partial charge in [-0.25, -0.2) is 17.9 Å². The molecule has 29 heavy (non-hydrogen) atoms. The molecule has 0 fully saturated rings. The van der Waals surface area contributed by atoms with Crippen LogP contribution in [0.1, 0.15) is 10.4 Å². The van der Waals surface area contributed by atoms with E-state index in [1.807, 2.05) is 0 Å². The van der Waals surface area contributed by atoms with Crippen LogP contribution in [0.5, 0.6) is 11.5 Å². The van der Waals surface area contributed by atoms with E-state index in [2.05, 4.69) is 10.3 Å². The predicted molar refractivity (Wildman–Crippen MR) is 107 cm³/mol. The number of pyridine rings is 1. The van der Waals surface area contributed by atoms with Crippen LogP contribution < -0.4 is 15.2 Å². The lowest BCUT2D eigenvalue weighted by Gasteiger charge is -2.06. The zero-order chi connectivity index (χ0) is 20.9. The maximum Gasteiger partial charge on any atom is 0.247 e. The van der Waals surface area contributed by atoms with E-state index in [0.29, 0.717) is 16.2 Å². The molecule has 3 aromatic rings. The number of amides is 1. The molecule has 0 aliphatic carbocycles. The highest BCUT2D eigenvalue weighted by molar-refractivity contribution is 7.91. The number of nitrogens with two attached hydrogens (primary N) is 1. The number of carbonyl (C=O) groups excluding carboxylic acids is 1. The SMILES string of the molecule is NS(=O)(=O)c1ccc(CNC(=O)/C=C/c2ccc(Oc3cccnc3)c(F)c2)s1. The van der Waals surface area contributed by atoms with Gasteiger partial charge in [0, 0.05) is 17.2 Å². The Kier molecular flexibility index (Phi) is 6.37. The van der Waals surface area contributed by atoms with Crippen LogP contribution in [0.15, 0.2) is 65.1 Å². The number of benzene rings is 1. The Labute approximate surface area is 170 Å². The summed E-state index contributed by atoms with van der Waals surface area (Å²) in [6, 6.07) is 10.6. The Morgan fingerprint density at radius 2 is 2.10 bits per heavy atom. The van der Waals surface area contributed by atoms with Crippen molar-refractivity contribution in [2.75, 3.05) is 0 Å². The molecule has 0 unspecified atom stereocenters. The average Bonchev–Trinajstić information content (AvgIpc) is 3.17. The van der Waals surface area contributed by atoms with Crippen molar-refractivity contribution in [3.05, 3.63) is 77.2 Å². The normalized spacial score (nSPS) is 11.5. The maximum atomic E-state index is 14.2. The van der Waals surface area contributed by atoms with Crippen LogP contribution in [0.3, 0.4) is 0 Å². The van der Waals surface area contributed by atoms with Crippen LogP contribution in [-0.2, 0) is 21.4 Å². The molecule has 2 heterocycles.